The van der Waals surface area contributed by atoms with Crippen LogP contribution in [-0.4, -0.2) is 116 Å². The van der Waals surface area contributed by atoms with Gasteiger partial charge in [-0.05, 0) is 115 Å². The molecule has 3 aliphatic heterocycles. The largest absolute Gasteiger partial charge is 0.417 e. The summed E-state index contributed by atoms with van der Waals surface area (Å²) in [5.74, 6) is -1.06. The van der Waals surface area contributed by atoms with E-state index < -0.39 is 40.2 Å². The molecule has 58 heavy (non-hydrogen) atoms. The van der Waals surface area contributed by atoms with Gasteiger partial charge in [0.05, 0.1) is 41.9 Å². The van der Waals surface area contributed by atoms with Gasteiger partial charge in [0.15, 0.2) is 0 Å². The fourth-order valence-electron chi connectivity index (χ4n) is 8.53. The number of imide groups is 2. The van der Waals surface area contributed by atoms with Gasteiger partial charge in [0.2, 0.25) is 17.7 Å². The number of aromatic nitrogens is 1. The molecule has 18 heteroatoms. The van der Waals surface area contributed by atoms with Gasteiger partial charge in [-0.3, -0.25) is 34.3 Å². The van der Waals surface area contributed by atoms with Crippen LogP contribution in [0.15, 0.2) is 41.4 Å². The molecular formula is C40H49F3N8O6S. The van der Waals surface area contributed by atoms with Crippen molar-refractivity contribution in [3.05, 3.63) is 53.2 Å². The van der Waals surface area contributed by atoms with E-state index in [-0.39, 0.29) is 59.8 Å². The minimum Gasteiger partial charge on any atom is -0.377 e. The van der Waals surface area contributed by atoms with Gasteiger partial charge in [-0.1, -0.05) is 0 Å². The van der Waals surface area contributed by atoms with Crippen molar-refractivity contribution in [2.45, 2.75) is 119 Å². The van der Waals surface area contributed by atoms with Gasteiger partial charge >= 0.3 is 12.2 Å². The smallest absolute Gasteiger partial charge is 0.377 e. The molecule has 4 fully saturated rings. The summed E-state index contributed by atoms with van der Waals surface area (Å²) in [6, 6.07) is 7.41. The van der Waals surface area contributed by atoms with Gasteiger partial charge in [-0.25, -0.2) is 9.78 Å². The van der Waals surface area contributed by atoms with Crippen LogP contribution in [0.1, 0.15) is 89.8 Å². The van der Waals surface area contributed by atoms with Crippen molar-refractivity contribution in [3.8, 4) is 6.07 Å². The van der Waals surface area contributed by atoms with E-state index in [2.05, 4.69) is 39.3 Å². The minimum atomic E-state index is -4.77. The maximum atomic E-state index is 13.6. The molecule has 2 aromatic rings. The molecule has 6 amide bonds. The third kappa shape index (κ3) is 9.02. The number of pyridine rings is 1. The Kier molecular flexibility index (Phi) is 12.6. The van der Waals surface area contributed by atoms with Crippen molar-refractivity contribution < 1.29 is 41.9 Å². The third-order valence-corrected chi connectivity index (χ3v) is 12.8. The molecule has 2 N–H and O–H groups in total. The lowest BCUT2D eigenvalue weighted by Crippen LogP contribution is -2.58. The van der Waals surface area contributed by atoms with E-state index in [1.807, 2.05) is 0 Å². The number of anilines is 1. The average Bonchev–Trinajstić information content (AvgIpc) is 3.33. The summed E-state index contributed by atoms with van der Waals surface area (Å²) in [7, 11) is 0. The first kappa shape index (κ1) is 43.0. The van der Waals surface area contributed by atoms with E-state index in [0.29, 0.717) is 68.6 Å². The third-order valence-electron chi connectivity index (χ3n) is 11.8. The number of urea groups is 1. The van der Waals surface area contributed by atoms with E-state index in [4.69, 9.17) is 10.00 Å². The zero-order valence-corrected chi connectivity index (χ0v) is 34.0. The zero-order chi connectivity index (χ0) is 42.2. The van der Waals surface area contributed by atoms with Gasteiger partial charge in [0.1, 0.15) is 11.4 Å². The number of hydrogen-bond donors (Lipinski definition) is 2. The Balaban J connectivity index is 0.946. The van der Waals surface area contributed by atoms with Gasteiger partial charge in [0, 0.05) is 55.3 Å². The summed E-state index contributed by atoms with van der Waals surface area (Å²) in [6.45, 7) is 12.1. The second kappa shape index (κ2) is 17.0. The molecule has 3 saturated heterocycles. The molecule has 0 radical (unpaired) electrons. The number of carbonyl (C=O) groups excluding carboxylic acids is 5. The fourth-order valence-corrected chi connectivity index (χ4v) is 9.52. The number of nitrogens with zero attached hydrogens (tertiary/aromatic N) is 6. The molecule has 14 nitrogen and oxygen atoms in total. The highest BCUT2D eigenvalue weighted by atomic mass is 32.2. The van der Waals surface area contributed by atoms with Crippen LogP contribution >= 0.6 is 11.9 Å². The number of nitriles is 1. The van der Waals surface area contributed by atoms with Crippen LogP contribution in [-0.2, 0) is 35.5 Å². The number of amides is 6. The number of halogens is 3. The Morgan fingerprint density at radius 3 is 2.38 bits per heavy atom. The minimum absolute atomic E-state index is 0.0251. The van der Waals surface area contributed by atoms with Crippen LogP contribution in [0.2, 0.25) is 0 Å². The summed E-state index contributed by atoms with van der Waals surface area (Å²) >= 11 is 0.629. The summed E-state index contributed by atoms with van der Waals surface area (Å²) in [6.07, 6.45) is -0.0829. The molecule has 4 heterocycles. The van der Waals surface area contributed by atoms with Crippen molar-refractivity contribution >= 4 is 47.4 Å². The lowest BCUT2D eigenvalue weighted by Gasteiger charge is -2.44. The quantitative estimate of drug-likeness (QED) is 0.176. The fraction of sp³-hybridized carbons (Fsp3) is 0.575. The first-order chi connectivity index (χ1) is 27.3. The van der Waals surface area contributed by atoms with E-state index in [1.165, 1.54) is 12.1 Å². The highest BCUT2D eigenvalue weighted by Gasteiger charge is 2.55. The maximum Gasteiger partial charge on any atom is 0.417 e. The highest BCUT2D eigenvalue weighted by Crippen LogP contribution is 2.42. The number of alkyl halides is 3. The second-order valence-corrected chi connectivity index (χ2v) is 17.4. The molecule has 1 aromatic heterocycles. The lowest BCUT2D eigenvalue weighted by atomic mass is 9.76. The molecule has 3 atom stereocenters. The van der Waals surface area contributed by atoms with Crippen LogP contribution in [0.3, 0.4) is 0 Å². The first-order valence-electron chi connectivity index (χ1n) is 19.5. The molecular weight excluding hydrogens is 778 g/mol. The Labute approximate surface area is 339 Å². The van der Waals surface area contributed by atoms with Crippen LogP contribution in [0.25, 0.3) is 0 Å². The second-order valence-electron chi connectivity index (χ2n) is 16.3. The average molecular weight is 827 g/mol. The molecule has 0 bridgehead atoms. The summed E-state index contributed by atoms with van der Waals surface area (Å²) in [5, 5.41) is 14.4. The van der Waals surface area contributed by atoms with Crippen LogP contribution in [0.5, 0.6) is 0 Å². The monoisotopic (exact) mass is 826 g/mol. The number of nitrogens with one attached hydrogen (secondary N) is 2. The maximum absolute atomic E-state index is 13.6. The highest BCUT2D eigenvalue weighted by molar-refractivity contribution is 7.98. The summed E-state index contributed by atoms with van der Waals surface area (Å²) in [5.41, 5.74) is -3.08. The molecule has 1 saturated carbocycles. The van der Waals surface area contributed by atoms with Crippen molar-refractivity contribution in [3.63, 3.8) is 0 Å². The predicted molar refractivity (Wildman–Crippen MR) is 207 cm³/mol. The van der Waals surface area contributed by atoms with Crippen molar-refractivity contribution in [1.82, 2.24) is 29.3 Å². The van der Waals surface area contributed by atoms with Crippen molar-refractivity contribution in [2.75, 3.05) is 38.1 Å². The SMILES string of the molecule is C[C@@H]1CN(CCOC2CCC(N3C(=O)N(Sc4ccc(C#N)c(C(F)(F)F)c4)C(=O)C3(C)C)CC2)C[C@H](C)N1CC(=O)Nc1cc([C@@]2(C)CCC(=O)NC2=O)ccn1. The molecule has 0 spiro atoms. The topological polar surface area (TPSA) is 168 Å². The van der Waals surface area contributed by atoms with Gasteiger partial charge in [-0.2, -0.15) is 22.7 Å². The Hall–Kier alpha value is -4.57. The van der Waals surface area contributed by atoms with Gasteiger partial charge < -0.3 is 15.0 Å². The van der Waals surface area contributed by atoms with E-state index >= 15 is 0 Å². The van der Waals surface area contributed by atoms with Crippen LogP contribution < -0.4 is 10.6 Å². The molecule has 312 valence electrons. The van der Waals surface area contributed by atoms with Crippen molar-refractivity contribution in [1.29, 1.82) is 5.26 Å². The number of piperazine rings is 1. The number of rotatable bonds is 11. The molecule has 0 unspecified atom stereocenters. The molecule has 4 aliphatic rings. The number of benzene rings is 1. The Morgan fingerprint density at radius 1 is 1.05 bits per heavy atom. The number of piperidine rings is 1. The summed E-state index contributed by atoms with van der Waals surface area (Å²) in [4.78, 5) is 74.9. The van der Waals surface area contributed by atoms with Gasteiger partial charge in [0.25, 0.3) is 5.91 Å². The zero-order valence-electron chi connectivity index (χ0n) is 33.2. The summed E-state index contributed by atoms with van der Waals surface area (Å²) < 4.78 is 47.9. The number of ether oxygens (including phenoxy) is 1. The number of hydrogen-bond acceptors (Lipinski definition) is 11. The predicted octanol–water partition coefficient (Wildman–Crippen LogP) is 5.08. The normalized spacial score (nSPS) is 27.1. The van der Waals surface area contributed by atoms with E-state index in [1.54, 1.807) is 44.0 Å². The van der Waals surface area contributed by atoms with E-state index in [0.717, 1.165) is 29.5 Å². The van der Waals surface area contributed by atoms with Crippen molar-refractivity contribution in [2.24, 2.45) is 0 Å². The van der Waals surface area contributed by atoms with Crippen LogP contribution in [0.4, 0.5) is 23.8 Å². The first-order valence-corrected chi connectivity index (χ1v) is 20.3. The number of carbonyl (C=O) groups is 5. The lowest BCUT2D eigenvalue weighted by molar-refractivity contribution is -0.138. The molecule has 1 aliphatic carbocycles. The Bertz CT molecular complexity index is 1970. The van der Waals surface area contributed by atoms with E-state index in [9.17, 15) is 37.1 Å². The standard InChI is InChI=1S/C40H49F3N8O6S/c1-24-21-48(22-25(2)49(24)23-34(53)46-32-18-27(13-15-45-32)39(5)14-12-33(52)47-35(39)54)16-17-57-29-9-7-28(8-10-29)50-37(56)51(36(55)38(50,3)4)58-30-11-6-26(20-44)31(19-30)40(41,42)43/h6,11,13,15,18-19,24-25,28-29H,7-10,12,14,16-17,21-23H2,1-5H3,(H,45,46,53)(H,47,52,54)/t24-,25+,28?,29?,39-/m1/s1. The van der Waals surface area contributed by atoms with Gasteiger partial charge in [-0.15, -0.1) is 0 Å². The molecule has 1 aromatic carbocycles. The molecule has 6 rings (SSSR count). The van der Waals surface area contributed by atoms with Crippen LogP contribution in [0, 0.1) is 11.3 Å². The Morgan fingerprint density at radius 2 is 1.74 bits per heavy atom.